The Balaban J connectivity index is 2.85. The van der Waals surface area contributed by atoms with E-state index in [4.69, 9.17) is 0 Å². The Morgan fingerprint density at radius 3 is 2.00 bits per heavy atom. The highest BCUT2D eigenvalue weighted by Gasteiger charge is 2.48. The molecule has 1 fully saturated rings. The van der Waals surface area contributed by atoms with Gasteiger partial charge >= 0.3 is 0 Å². The first-order valence-electron chi connectivity index (χ1n) is 5.39. The third-order valence-electron chi connectivity index (χ3n) is 2.88. The molecule has 0 atom stereocenters. The summed E-state index contributed by atoms with van der Waals surface area (Å²) in [6, 6.07) is 0. The minimum Gasteiger partial charge on any atom is -0.389 e. The highest BCUT2D eigenvalue weighted by Crippen LogP contribution is 2.33. The van der Waals surface area contributed by atoms with Gasteiger partial charge in [-0.05, 0) is 34.1 Å². The molecule has 0 amide bonds. The Morgan fingerprint density at radius 2 is 1.64 bits per heavy atom. The number of quaternary nitrogens is 1. The molecule has 0 unspecified atom stereocenters. The van der Waals surface area contributed by atoms with Gasteiger partial charge in [0, 0.05) is 12.8 Å². The van der Waals surface area contributed by atoms with Gasteiger partial charge in [-0.3, -0.25) is 0 Å². The molecule has 0 radical (unpaired) electrons. The monoisotopic (exact) mass is 198 g/mol. The van der Waals surface area contributed by atoms with Crippen molar-refractivity contribution < 1.29 is 10.4 Å². The minimum absolute atomic E-state index is 0.125. The lowest BCUT2D eigenvalue weighted by Gasteiger charge is -2.47. The molecule has 2 nitrogen and oxygen atoms in total. The summed E-state index contributed by atoms with van der Waals surface area (Å²) < 4.78 is 0. The fourth-order valence-electron chi connectivity index (χ4n) is 3.33. The molecule has 3 N–H and O–H groups in total. The molecular weight excluding hydrogens is 174 g/mol. The van der Waals surface area contributed by atoms with E-state index in [0.29, 0.717) is 6.42 Å². The first-order chi connectivity index (χ1) is 6.18. The van der Waals surface area contributed by atoms with Gasteiger partial charge in [0.25, 0.3) is 0 Å². The van der Waals surface area contributed by atoms with E-state index in [1.54, 1.807) is 0 Å². The van der Waals surface area contributed by atoms with Crippen LogP contribution in [0.15, 0.2) is 12.7 Å². The molecule has 1 aliphatic heterocycles. The molecule has 0 spiro atoms. The van der Waals surface area contributed by atoms with Crippen LogP contribution in [0.25, 0.3) is 0 Å². The molecule has 82 valence electrons. The number of piperidine rings is 1. The first-order valence-corrected chi connectivity index (χ1v) is 5.39. The molecular formula is C12H24NO+. The van der Waals surface area contributed by atoms with Crippen LogP contribution in [0.1, 0.15) is 47.0 Å². The SMILES string of the molecule is C=CCC1(O)CC(C)(C)[NH2+]C(C)(C)C1. The second-order valence-corrected chi connectivity index (χ2v) is 6.19. The maximum atomic E-state index is 10.5. The highest BCUT2D eigenvalue weighted by atomic mass is 16.3. The summed E-state index contributed by atoms with van der Waals surface area (Å²) in [6.45, 7) is 12.5. The van der Waals surface area contributed by atoms with Crippen molar-refractivity contribution in [2.24, 2.45) is 0 Å². The summed E-state index contributed by atoms with van der Waals surface area (Å²) in [4.78, 5) is 0. The molecule has 0 aromatic rings. The Morgan fingerprint density at radius 1 is 1.21 bits per heavy atom. The van der Waals surface area contributed by atoms with Gasteiger partial charge in [-0.1, -0.05) is 6.08 Å². The minimum atomic E-state index is -0.552. The third-order valence-corrected chi connectivity index (χ3v) is 2.88. The van der Waals surface area contributed by atoms with Crippen molar-refractivity contribution in [3.8, 4) is 0 Å². The Kier molecular flexibility index (Phi) is 2.81. The number of rotatable bonds is 2. The molecule has 0 aromatic heterocycles. The smallest absolute Gasteiger partial charge is 0.0936 e. The van der Waals surface area contributed by atoms with Crippen LogP contribution in [0.3, 0.4) is 0 Å². The topological polar surface area (TPSA) is 36.8 Å². The number of nitrogens with two attached hydrogens (primary N) is 1. The van der Waals surface area contributed by atoms with E-state index in [2.05, 4.69) is 39.6 Å². The Hall–Kier alpha value is -0.340. The zero-order chi connectivity index (χ0) is 11.0. The summed E-state index contributed by atoms with van der Waals surface area (Å²) >= 11 is 0. The Bertz CT molecular complexity index is 214. The number of hydrogen-bond donors (Lipinski definition) is 2. The van der Waals surface area contributed by atoms with E-state index in [-0.39, 0.29) is 11.1 Å². The van der Waals surface area contributed by atoms with E-state index in [1.165, 1.54) is 0 Å². The fraction of sp³-hybridized carbons (Fsp3) is 0.833. The van der Waals surface area contributed by atoms with Gasteiger partial charge in [-0.25, -0.2) is 0 Å². The van der Waals surface area contributed by atoms with Crippen molar-refractivity contribution in [1.82, 2.24) is 0 Å². The van der Waals surface area contributed by atoms with Crippen molar-refractivity contribution in [3.63, 3.8) is 0 Å². The molecule has 0 bridgehead atoms. The summed E-state index contributed by atoms with van der Waals surface area (Å²) in [6.07, 6.45) is 4.22. The van der Waals surface area contributed by atoms with Crippen molar-refractivity contribution in [1.29, 1.82) is 0 Å². The largest absolute Gasteiger partial charge is 0.389 e. The lowest BCUT2D eigenvalue weighted by Crippen LogP contribution is -3.06. The fourth-order valence-corrected chi connectivity index (χ4v) is 3.33. The predicted molar refractivity (Wildman–Crippen MR) is 59.1 cm³/mol. The molecule has 1 saturated heterocycles. The maximum absolute atomic E-state index is 10.5. The van der Waals surface area contributed by atoms with Crippen LogP contribution < -0.4 is 5.32 Å². The standard InChI is InChI=1S/C12H23NO/c1-6-7-12(14)8-10(2,3)13-11(4,5)9-12/h6,13-14H,1,7-9H2,2-5H3/p+1. The van der Waals surface area contributed by atoms with Crippen LogP contribution in [0.2, 0.25) is 0 Å². The second-order valence-electron chi connectivity index (χ2n) is 6.19. The van der Waals surface area contributed by atoms with Crippen molar-refractivity contribution >= 4 is 0 Å². The average molecular weight is 198 g/mol. The molecule has 1 heterocycles. The normalized spacial score (nSPS) is 28.4. The van der Waals surface area contributed by atoms with Gasteiger partial charge < -0.3 is 10.4 Å². The van der Waals surface area contributed by atoms with Gasteiger partial charge in [-0.2, -0.15) is 0 Å². The van der Waals surface area contributed by atoms with Crippen molar-refractivity contribution in [2.45, 2.75) is 63.6 Å². The lowest BCUT2D eigenvalue weighted by atomic mass is 9.71. The maximum Gasteiger partial charge on any atom is 0.0936 e. The summed E-state index contributed by atoms with van der Waals surface area (Å²) in [7, 11) is 0. The van der Waals surface area contributed by atoms with E-state index >= 15 is 0 Å². The van der Waals surface area contributed by atoms with E-state index in [1.807, 2.05) is 6.08 Å². The van der Waals surface area contributed by atoms with Crippen LogP contribution in [0, 0.1) is 0 Å². The molecule has 1 rings (SSSR count). The van der Waals surface area contributed by atoms with Crippen LogP contribution >= 0.6 is 0 Å². The highest BCUT2D eigenvalue weighted by molar-refractivity contribution is 4.97. The van der Waals surface area contributed by atoms with Crippen molar-refractivity contribution in [2.75, 3.05) is 0 Å². The van der Waals surface area contributed by atoms with Gasteiger partial charge in [0.15, 0.2) is 0 Å². The molecule has 2 heteroatoms. The summed E-state index contributed by atoms with van der Waals surface area (Å²) in [5.41, 5.74) is -0.303. The zero-order valence-electron chi connectivity index (χ0n) is 9.93. The summed E-state index contributed by atoms with van der Waals surface area (Å²) in [5, 5.41) is 12.8. The quantitative estimate of drug-likeness (QED) is 0.643. The van der Waals surface area contributed by atoms with Crippen LogP contribution in [-0.4, -0.2) is 21.8 Å². The van der Waals surface area contributed by atoms with Crippen LogP contribution in [0.4, 0.5) is 0 Å². The number of hydrogen-bond acceptors (Lipinski definition) is 1. The first kappa shape index (κ1) is 11.7. The molecule has 0 aromatic carbocycles. The van der Waals surface area contributed by atoms with E-state index < -0.39 is 5.60 Å². The van der Waals surface area contributed by atoms with Gasteiger partial charge in [0.1, 0.15) is 0 Å². The molecule has 0 saturated carbocycles. The summed E-state index contributed by atoms with van der Waals surface area (Å²) in [5.74, 6) is 0. The molecule has 14 heavy (non-hydrogen) atoms. The van der Waals surface area contributed by atoms with Crippen molar-refractivity contribution in [3.05, 3.63) is 12.7 Å². The van der Waals surface area contributed by atoms with Gasteiger partial charge in [0.05, 0.1) is 16.7 Å². The number of aliphatic hydroxyl groups is 1. The lowest BCUT2D eigenvalue weighted by molar-refractivity contribution is -0.792. The second kappa shape index (κ2) is 3.35. The predicted octanol–water partition coefficient (Wildman–Crippen LogP) is 1.21. The van der Waals surface area contributed by atoms with Gasteiger partial charge in [0.2, 0.25) is 0 Å². The zero-order valence-corrected chi connectivity index (χ0v) is 9.93. The van der Waals surface area contributed by atoms with Gasteiger partial charge in [-0.15, -0.1) is 6.58 Å². The van der Waals surface area contributed by atoms with Crippen LogP contribution in [0.5, 0.6) is 0 Å². The van der Waals surface area contributed by atoms with Crippen LogP contribution in [-0.2, 0) is 0 Å². The third kappa shape index (κ3) is 2.82. The average Bonchev–Trinajstić information content (AvgIpc) is 1.75. The molecule has 0 aliphatic carbocycles. The molecule has 1 aliphatic rings. The van der Waals surface area contributed by atoms with E-state index in [9.17, 15) is 5.11 Å². The Labute approximate surface area is 87.4 Å². The van der Waals surface area contributed by atoms with E-state index in [0.717, 1.165) is 12.8 Å².